The Morgan fingerprint density at radius 2 is 2.00 bits per heavy atom. The number of likely N-dealkylation sites (N-methyl/N-ethyl adjacent to an activating group) is 1. The van der Waals surface area contributed by atoms with Gasteiger partial charge in [0.25, 0.3) is 5.91 Å². The SMILES string of the molecule is CCc1cnc(C(=O)NCC(=O)N(C)c2ncc(C#N)cc2OC)nc1-c1cnccn1. The molecule has 0 saturated carbocycles. The molecule has 11 heteroatoms. The summed E-state index contributed by atoms with van der Waals surface area (Å²) in [6.45, 7) is 1.62. The number of amides is 2. The third kappa shape index (κ3) is 4.81. The van der Waals surface area contributed by atoms with Crippen LogP contribution < -0.4 is 15.0 Å². The average molecular weight is 432 g/mol. The molecule has 3 aromatic heterocycles. The fraction of sp³-hybridized carbons (Fsp3) is 0.238. The number of hydrogen-bond donors (Lipinski definition) is 1. The normalized spacial score (nSPS) is 10.2. The van der Waals surface area contributed by atoms with Crippen LogP contribution in [-0.4, -0.2) is 57.4 Å². The Morgan fingerprint density at radius 3 is 2.66 bits per heavy atom. The van der Waals surface area contributed by atoms with Gasteiger partial charge in [-0.05, 0) is 12.0 Å². The van der Waals surface area contributed by atoms with Crippen LogP contribution in [0.5, 0.6) is 5.75 Å². The summed E-state index contributed by atoms with van der Waals surface area (Å²) in [6, 6.07) is 3.43. The predicted octanol–water partition coefficient (Wildman–Crippen LogP) is 1.16. The van der Waals surface area contributed by atoms with Gasteiger partial charge in [0.05, 0.1) is 31.1 Å². The van der Waals surface area contributed by atoms with E-state index in [1.165, 1.54) is 37.5 Å². The topological polar surface area (TPSA) is 147 Å². The van der Waals surface area contributed by atoms with E-state index in [0.717, 1.165) is 5.56 Å². The lowest BCUT2D eigenvalue weighted by molar-refractivity contribution is -0.117. The maximum absolute atomic E-state index is 12.6. The quantitative estimate of drug-likeness (QED) is 0.581. The highest BCUT2D eigenvalue weighted by atomic mass is 16.5. The number of aryl methyl sites for hydroxylation is 1. The molecule has 1 N–H and O–H groups in total. The number of rotatable bonds is 7. The van der Waals surface area contributed by atoms with Gasteiger partial charge in [-0.3, -0.25) is 24.5 Å². The number of methoxy groups -OCH3 is 1. The van der Waals surface area contributed by atoms with E-state index in [0.29, 0.717) is 23.4 Å². The van der Waals surface area contributed by atoms with Crippen molar-refractivity contribution in [2.75, 3.05) is 25.6 Å². The van der Waals surface area contributed by atoms with Crippen molar-refractivity contribution >= 4 is 17.6 Å². The molecule has 0 aliphatic rings. The average Bonchev–Trinajstić information content (AvgIpc) is 2.86. The lowest BCUT2D eigenvalue weighted by atomic mass is 10.1. The molecule has 3 rings (SSSR count). The molecule has 0 aliphatic carbocycles. The molecule has 0 spiro atoms. The van der Waals surface area contributed by atoms with Crippen LogP contribution in [0.3, 0.4) is 0 Å². The van der Waals surface area contributed by atoms with Crippen molar-refractivity contribution in [3.8, 4) is 23.2 Å². The van der Waals surface area contributed by atoms with Gasteiger partial charge in [0.1, 0.15) is 11.8 Å². The Labute approximate surface area is 184 Å². The van der Waals surface area contributed by atoms with Crippen molar-refractivity contribution in [3.63, 3.8) is 0 Å². The highest BCUT2D eigenvalue weighted by Crippen LogP contribution is 2.25. The van der Waals surface area contributed by atoms with Gasteiger partial charge in [0.2, 0.25) is 11.7 Å². The lowest BCUT2D eigenvalue weighted by Crippen LogP contribution is -2.39. The van der Waals surface area contributed by atoms with Crippen LogP contribution in [0.15, 0.2) is 37.1 Å². The molecule has 0 aromatic carbocycles. The molecular weight excluding hydrogens is 412 g/mol. The third-order valence-electron chi connectivity index (χ3n) is 4.53. The van der Waals surface area contributed by atoms with Gasteiger partial charge in [0, 0.05) is 37.9 Å². The van der Waals surface area contributed by atoms with E-state index in [1.807, 2.05) is 13.0 Å². The summed E-state index contributed by atoms with van der Waals surface area (Å²) >= 11 is 0. The van der Waals surface area contributed by atoms with Crippen LogP contribution in [0.4, 0.5) is 5.82 Å². The molecule has 0 aliphatic heterocycles. The van der Waals surface area contributed by atoms with Crippen molar-refractivity contribution in [3.05, 3.63) is 54.0 Å². The standard InChI is InChI=1S/C21H20N8O3/c1-4-14-10-25-19(28-18(14)15-11-23-5-6-24-15)21(31)27-12-17(30)29(2)20-16(32-3)7-13(8-22)9-26-20/h5-7,9-11H,4,12H2,1-3H3,(H,27,31). The summed E-state index contributed by atoms with van der Waals surface area (Å²) in [4.78, 5) is 47.2. The molecule has 0 radical (unpaired) electrons. The number of anilines is 1. The number of nitriles is 1. The zero-order chi connectivity index (χ0) is 23.1. The number of carbonyl (C=O) groups is 2. The van der Waals surface area contributed by atoms with Crippen molar-refractivity contribution in [2.45, 2.75) is 13.3 Å². The summed E-state index contributed by atoms with van der Waals surface area (Å²) in [5.41, 5.74) is 2.15. The molecule has 32 heavy (non-hydrogen) atoms. The molecule has 0 atom stereocenters. The first-order valence-corrected chi connectivity index (χ1v) is 9.59. The first-order valence-electron chi connectivity index (χ1n) is 9.59. The highest BCUT2D eigenvalue weighted by molar-refractivity contribution is 5.99. The molecule has 3 heterocycles. The lowest BCUT2D eigenvalue weighted by Gasteiger charge is -2.19. The second-order valence-electron chi connectivity index (χ2n) is 6.51. The fourth-order valence-electron chi connectivity index (χ4n) is 2.79. The second-order valence-corrected chi connectivity index (χ2v) is 6.51. The molecular formula is C21H20N8O3. The van der Waals surface area contributed by atoms with Gasteiger partial charge in [-0.2, -0.15) is 5.26 Å². The zero-order valence-corrected chi connectivity index (χ0v) is 17.7. The van der Waals surface area contributed by atoms with Gasteiger partial charge in [-0.25, -0.2) is 15.0 Å². The van der Waals surface area contributed by atoms with E-state index in [-0.39, 0.29) is 23.9 Å². The molecule has 3 aromatic rings. The van der Waals surface area contributed by atoms with Crippen LogP contribution in [0.25, 0.3) is 11.4 Å². The maximum atomic E-state index is 12.6. The largest absolute Gasteiger partial charge is 0.493 e. The van der Waals surface area contributed by atoms with Gasteiger partial charge in [0.15, 0.2) is 11.6 Å². The van der Waals surface area contributed by atoms with Gasteiger partial charge in [-0.15, -0.1) is 0 Å². The number of hydrogen-bond acceptors (Lipinski definition) is 9. The molecule has 2 amide bonds. The molecule has 0 fully saturated rings. The minimum atomic E-state index is -0.612. The first kappa shape index (κ1) is 22.2. The summed E-state index contributed by atoms with van der Waals surface area (Å²) in [5.74, 6) is -0.669. The summed E-state index contributed by atoms with van der Waals surface area (Å²) < 4.78 is 5.21. The molecule has 0 bridgehead atoms. The van der Waals surface area contributed by atoms with E-state index in [4.69, 9.17) is 10.00 Å². The van der Waals surface area contributed by atoms with Crippen molar-refractivity contribution in [1.29, 1.82) is 5.26 Å². The fourth-order valence-corrected chi connectivity index (χ4v) is 2.79. The number of pyridine rings is 1. The Morgan fingerprint density at radius 1 is 1.19 bits per heavy atom. The summed E-state index contributed by atoms with van der Waals surface area (Å²) in [6.07, 6.45) is 8.18. The van der Waals surface area contributed by atoms with E-state index >= 15 is 0 Å². The highest BCUT2D eigenvalue weighted by Gasteiger charge is 2.20. The van der Waals surface area contributed by atoms with E-state index < -0.39 is 11.8 Å². The van der Waals surface area contributed by atoms with Crippen LogP contribution in [0.1, 0.15) is 28.7 Å². The number of nitrogens with one attached hydrogen (secondary N) is 1. The van der Waals surface area contributed by atoms with E-state index in [9.17, 15) is 9.59 Å². The molecule has 0 saturated heterocycles. The Balaban J connectivity index is 1.73. The molecule has 11 nitrogen and oxygen atoms in total. The Hall–Kier alpha value is -4.46. The Bertz CT molecular complexity index is 1180. The first-order chi connectivity index (χ1) is 15.5. The molecule has 162 valence electrons. The zero-order valence-electron chi connectivity index (χ0n) is 17.7. The minimum absolute atomic E-state index is 0.0904. The predicted molar refractivity (Wildman–Crippen MR) is 114 cm³/mol. The van der Waals surface area contributed by atoms with E-state index in [2.05, 4.69) is 30.2 Å². The van der Waals surface area contributed by atoms with E-state index in [1.54, 1.807) is 18.6 Å². The number of carbonyl (C=O) groups excluding carboxylic acids is 2. The van der Waals surface area contributed by atoms with Gasteiger partial charge >= 0.3 is 0 Å². The van der Waals surface area contributed by atoms with Crippen molar-refractivity contribution in [2.24, 2.45) is 0 Å². The number of ether oxygens (including phenoxy) is 1. The summed E-state index contributed by atoms with van der Waals surface area (Å²) in [5, 5.41) is 11.5. The van der Waals surface area contributed by atoms with Crippen LogP contribution in [0.2, 0.25) is 0 Å². The monoisotopic (exact) mass is 432 g/mol. The molecule has 0 unspecified atom stereocenters. The number of nitrogens with zero attached hydrogens (tertiary/aromatic N) is 7. The van der Waals surface area contributed by atoms with Crippen LogP contribution in [0, 0.1) is 11.3 Å². The Kier molecular flexibility index (Phi) is 6.97. The number of aromatic nitrogens is 5. The van der Waals surface area contributed by atoms with Crippen LogP contribution in [-0.2, 0) is 11.2 Å². The van der Waals surface area contributed by atoms with Crippen molar-refractivity contribution in [1.82, 2.24) is 30.2 Å². The third-order valence-corrected chi connectivity index (χ3v) is 4.53. The van der Waals surface area contributed by atoms with Gasteiger partial charge < -0.3 is 10.1 Å². The van der Waals surface area contributed by atoms with Gasteiger partial charge in [-0.1, -0.05) is 6.92 Å². The maximum Gasteiger partial charge on any atom is 0.289 e. The smallest absolute Gasteiger partial charge is 0.289 e. The summed E-state index contributed by atoms with van der Waals surface area (Å²) in [7, 11) is 2.90. The second kappa shape index (κ2) is 10.0. The minimum Gasteiger partial charge on any atom is -0.493 e. The van der Waals surface area contributed by atoms with Crippen molar-refractivity contribution < 1.29 is 14.3 Å². The van der Waals surface area contributed by atoms with Crippen LogP contribution >= 0.6 is 0 Å².